The summed E-state index contributed by atoms with van der Waals surface area (Å²) in [5.74, 6) is 0.0156. The first-order valence-corrected chi connectivity index (χ1v) is 7.36. The number of hydrogen-bond acceptors (Lipinski definition) is 1. The molecule has 0 N–H and O–H groups in total. The Hall–Kier alpha value is -1.83. The van der Waals surface area contributed by atoms with Crippen molar-refractivity contribution in [3.05, 3.63) is 81.8 Å². The molecule has 0 amide bonds. The summed E-state index contributed by atoms with van der Waals surface area (Å²) in [6, 6.07) is 18.8. The maximum Gasteiger partial charge on any atom is 0.167 e. The first-order valence-electron chi connectivity index (χ1n) is 6.60. The number of ketones is 1. The second kappa shape index (κ2) is 5.88. The van der Waals surface area contributed by atoms with E-state index >= 15 is 0 Å². The predicted octanol–water partition coefficient (Wildman–Crippen LogP) is 5.57. The van der Waals surface area contributed by atoms with Crippen LogP contribution in [0.5, 0.6) is 0 Å². The van der Waals surface area contributed by atoms with Gasteiger partial charge >= 0.3 is 0 Å². The Morgan fingerprint density at radius 2 is 1.43 bits per heavy atom. The van der Waals surface area contributed by atoms with Crippen LogP contribution in [0.3, 0.4) is 0 Å². The van der Waals surface area contributed by atoms with Crippen LogP contribution in [0.2, 0.25) is 10.0 Å². The number of benzene rings is 3. The van der Waals surface area contributed by atoms with Gasteiger partial charge in [-0.05, 0) is 28.5 Å². The lowest BCUT2D eigenvalue weighted by atomic mass is 9.97. The van der Waals surface area contributed by atoms with Crippen molar-refractivity contribution in [1.29, 1.82) is 0 Å². The van der Waals surface area contributed by atoms with E-state index in [2.05, 4.69) is 0 Å². The van der Waals surface area contributed by atoms with Gasteiger partial charge in [0.25, 0.3) is 0 Å². The van der Waals surface area contributed by atoms with E-state index < -0.39 is 0 Å². The Morgan fingerprint density at radius 3 is 2.19 bits per heavy atom. The highest BCUT2D eigenvalue weighted by Gasteiger charge is 2.14. The van der Waals surface area contributed by atoms with E-state index in [1.54, 1.807) is 18.2 Å². The van der Waals surface area contributed by atoms with Crippen molar-refractivity contribution in [3.8, 4) is 0 Å². The fourth-order valence-corrected chi connectivity index (χ4v) is 2.96. The minimum Gasteiger partial charge on any atom is -0.294 e. The van der Waals surface area contributed by atoms with Gasteiger partial charge in [-0.25, -0.2) is 0 Å². The monoisotopic (exact) mass is 314 g/mol. The molecular formula is C18H12Cl2O. The lowest BCUT2D eigenvalue weighted by Crippen LogP contribution is -2.05. The fraction of sp³-hybridized carbons (Fsp3) is 0.0556. The Bertz CT molecular complexity index is 799. The zero-order valence-corrected chi connectivity index (χ0v) is 12.7. The van der Waals surface area contributed by atoms with Gasteiger partial charge in [-0.3, -0.25) is 4.79 Å². The van der Waals surface area contributed by atoms with Crippen LogP contribution in [0.15, 0.2) is 60.7 Å². The van der Waals surface area contributed by atoms with Gasteiger partial charge in [-0.2, -0.15) is 0 Å². The van der Waals surface area contributed by atoms with Crippen molar-refractivity contribution in [2.24, 2.45) is 0 Å². The number of carbonyl (C=O) groups is 1. The van der Waals surface area contributed by atoms with Crippen molar-refractivity contribution in [2.75, 3.05) is 0 Å². The summed E-state index contributed by atoms with van der Waals surface area (Å²) in [5.41, 5.74) is 1.38. The molecule has 3 aromatic carbocycles. The molecule has 0 heterocycles. The molecule has 3 heteroatoms. The summed E-state index contributed by atoms with van der Waals surface area (Å²) in [6.45, 7) is 0. The summed E-state index contributed by atoms with van der Waals surface area (Å²) >= 11 is 12.3. The number of halogens is 2. The van der Waals surface area contributed by atoms with E-state index in [0.29, 0.717) is 21.2 Å². The van der Waals surface area contributed by atoms with Crippen molar-refractivity contribution < 1.29 is 4.79 Å². The second-order valence-electron chi connectivity index (χ2n) is 4.83. The van der Waals surface area contributed by atoms with Crippen LogP contribution in [0, 0.1) is 0 Å². The number of hydrogen-bond donors (Lipinski definition) is 0. The van der Waals surface area contributed by atoms with Gasteiger partial charge in [0.2, 0.25) is 0 Å². The summed E-state index contributed by atoms with van der Waals surface area (Å²) in [7, 11) is 0. The van der Waals surface area contributed by atoms with Gasteiger partial charge in [0.05, 0.1) is 0 Å². The van der Waals surface area contributed by atoms with E-state index in [4.69, 9.17) is 23.2 Å². The Labute approximate surface area is 133 Å². The molecule has 3 aromatic rings. The lowest BCUT2D eigenvalue weighted by molar-refractivity contribution is 0.0994. The number of carbonyl (C=O) groups excluding carboxylic acids is 1. The molecule has 21 heavy (non-hydrogen) atoms. The van der Waals surface area contributed by atoms with Crippen LogP contribution >= 0.6 is 23.2 Å². The number of Topliss-reactive ketones (excluding diaryl/α,β-unsaturated/α-hetero) is 1. The molecule has 0 radical (unpaired) electrons. The predicted molar refractivity (Wildman–Crippen MR) is 88.4 cm³/mol. The third-order valence-corrected chi connectivity index (χ3v) is 4.20. The first kappa shape index (κ1) is 14.1. The van der Waals surface area contributed by atoms with Gasteiger partial charge in [0.1, 0.15) is 0 Å². The third kappa shape index (κ3) is 2.80. The molecule has 0 bridgehead atoms. The highest BCUT2D eigenvalue weighted by atomic mass is 35.5. The maximum absolute atomic E-state index is 12.6. The summed E-state index contributed by atoms with van der Waals surface area (Å²) in [5, 5.41) is 3.05. The minimum atomic E-state index is 0.0156. The first-order chi connectivity index (χ1) is 10.2. The van der Waals surface area contributed by atoms with E-state index in [1.165, 1.54) is 0 Å². The minimum absolute atomic E-state index is 0.0156. The Kier molecular flexibility index (Phi) is 3.96. The van der Waals surface area contributed by atoms with Gasteiger partial charge < -0.3 is 0 Å². The Morgan fingerprint density at radius 1 is 0.810 bits per heavy atom. The molecule has 3 rings (SSSR count). The average molecular weight is 315 g/mol. The molecule has 0 aliphatic heterocycles. The zero-order chi connectivity index (χ0) is 14.8. The SMILES string of the molecule is O=C(Cc1c(Cl)cccc1Cl)c1cccc2ccccc12. The van der Waals surface area contributed by atoms with Gasteiger partial charge in [-0.15, -0.1) is 0 Å². The number of fused-ring (bicyclic) bond motifs is 1. The van der Waals surface area contributed by atoms with Crippen molar-refractivity contribution in [1.82, 2.24) is 0 Å². The van der Waals surface area contributed by atoms with E-state index in [1.807, 2.05) is 42.5 Å². The molecule has 0 fully saturated rings. The highest BCUT2D eigenvalue weighted by molar-refractivity contribution is 6.36. The highest BCUT2D eigenvalue weighted by Crippen LogP contribution is 2.27. The normalized spacial score (nSPS) is 10.8. The molecule has 0 aliphatic carbocycles. The van der Waals surface area contributed by atoms with E-state index in [-0.39, 0.29) is 12.2 Å². The molecule has 0 unspecified atom stereocenters. The maximum atomic E-state index is 12.6. The third-order valence-electron chi connectivity index (χ3n) is 3.49. The average Bonchev–Trinajstić information content (AvgIpc) is 2.50. The number of rotatable bonds is 3. The van der Waals surface area contributed by atoms with E-state index in [0.717, 1.165) is 10.8 Å². The smallest absolute Gasteiger partial charge is 0.167 e. The zero-order valence-electron chi connectivity index (χ0n) is 11.1. The van der Waals surface area contributed by atoms with Crippen molar-refractivity contribution >= 4 is 39.8 Å². The van der Waals surface area contributed by atoms with E-state index in [9.17, 15) is 4.79 Å². The van der Waals surface area contributed by atoms with Gasteiger partial charge in [-0.1, -0.05) is 71.7 Å². The molecule has 0 saturated heterocycles. The van der Waals surface area contributed by atoms with Crippen LogP contribution in [-0.2, 0) is 6.42 Å². The molecule has 0 atom stereocenters. The molecule has 0 saturated carbocycles. The molecule has 1 nitrogen and oxygen atoms in total. The fourth-order valence-electron chi connectivity index (χ4n) is 2.43. The Balaban J connectivity index is 2.02. The molecule has 0 aliphatic rings. The van der Waals surface area contributed by atoms with Crippen LogP contribution in [0.25, 0.3) is 10.8 Å². The topological polar surface area (TPSA) is 17.1 Å². The van der Waals surface area contributed by atoms with Crippen LogP contribution in [0.4, 0.5) is 0 Å². The van der Waals surface area contributed by atoms with Crippen molar-refractivity contribution in [2.45, 2.75) is 6.42 Å². The molecular weight excluding hydrogens is 303 g/mol. The molecule has 104 valence electrons. The quantitative estimate of drug-likeness (QED) is 0.577. The van der Waals surface area contributed by atoms with Crippen LogP contribution in [0.1, 0.15) is 15.9 Å². The summed E-state index contributed by atoms with van der Waals surface area (Å²) in [6.07, 6.45) is 0.201. The molecule has 0 spiro atoms. The summed E-state index contributed by atoms with van der Waals surface area (Å²) < 4.78 is 0. The van der Waals surface area contributed by atoms with Crippen LogP contribution in [-0.4, -0.2) is 5.78 Å². The van der Waals surface area contributed by atoms with Gasteiger partial charge in [0.15, 0.2) is 5.78 Å². The van der Waals surface area contributed by atoms with Gasteiger partial charge in [0, 0.05) is 22.0 Å². The van der Waals surface area contributed by atoms with Crippen molar-refractivity contribution in [3.63, 3.8) is 0 Å². The van der Waals surface area contributed by atoms with Crippen LogP contribution < -0.4 is 0 Å². The lowest BCUT2D eigenvalue weighted by Gasteiger charge is -2.08. The largest absolute Gasteiger partial charge is 0.294 e. The summed E-state index contributed by atoms with van der Waals surface area (Å²) in [4.78, 5) is 12.6. The standard InChI is InChI=1S/C18H12Cl2O/c19-16-9-4-10-17(20)15(16)11-18(21)14-8-3-6-12-5-1-2-7-13(12)14/h1-10H,11H2. The second-order valence-corrected chi connectivity index (χ2v) is 5.64. The molecule has 0 aromatic heterocycles.